The van der Waals surface area contributed by atoms with Gasteiger partial charge in [0.2, 0.25) is 5.91 Å². The number of hydrogen-bond donors (Lipinski definition) is 0. The number of carbonyl (C=O) groups excluding carboxylic acids is 3. The number of amides is 3. The summed E-state index contributed by atoms with van der Waals surface area (Å²) in [6, 6.07) is 15.0. The molecule has 2 aliphatic heterocycles. The summed E-state index contributed by atoms with van der Waals surface area (Å²) >= 11 is 0. The number of nitrogens with zero attached hydrogens (tertiary/aromatic N) is 4. The quantitative estimate of drug-likeness (QED) is 0.546. The van der Waals surface area contributed by atoms with Gasteiger partial charge in [-0.3, -0.25) is 14.4 Å². The van der Waals surface area contributed by atoms with Gasteiger partial charge in [0.15, 0.2) is 0 Å². The van der Waals surface area contributed by atoms with Crippen LogP contribution in [0.15, 0.2) is 48.5 Å². The Hall–Kier alpha value is -3.75. The van der Waals surface area contributed by atoms with E-state index in [1.807, 2.05) is 44.2 Å². The van der Waals surface area contributed by atoms with Crippen molar-refractivity contribution in [3.63, 3.8) is 0 Å². The zero-order valence-corrected chi connectivity index (χ0v) is 22.1. The molecule has 0 aromatic heterocycles. The van der Waals surface area contributed by atoms with E-state index >= 15 is 0 Å². The molecule has 0 unspecified atom stereocenters. The largest absolute Gasteiger partial charge is 0.497 e. The summed E-state index contributed by atoms with van der Waals surface area (Å²) in [7, 11) is 3.09. The molecule has 0 saturated carbocycles. The van der Waals surface area contributed by atoms with Crippen LogP contribution < -0.4 is 14.4 Å². The summed E-state index contributed by atoms with van der Waals surface area (Å²) in [5.74, 6) is 0.822. The topological polar surface area (TPSA) is 82.6 Å². The standard InChI is InChI=1S/C28H36N4O5/c1-5-29(6-2)25(33)19-31-20-32(21-10-8-7-9-11-21)28(27(31)35)14-16-30(17-15-28)26(34)23-13-12-22(36-3)18-24(23)37-4/h7-13,18H,5-6,14-17,19-20H2,1-4H3. The van der Waals surface area contributed by atoms with Crippen molar-refractivity contribution in [3.05, 3.63) is 54.1 Å². The highest BCUT2D eigenvalue weighted by Gasteiger charge is 2.54. The van der Waals surface area contributed by atoms with E-state index < -0.39 is 5.54 Å². The molecule has 198 valence electrons. The smallest absolute Gasteiger partial charge is 0.257 e. The van der Waals surface area contributed by atoms with Gasteiger partial charge >= 0.3 is 0 Å². The predicted octanol–water partition coefficient (Wildman–Crippen LogP) is 2.85. The van der Waals surface area contributed by atoms with Gasteiger partial charge in [-0.05, 0) is 51.0 Å². The Bertz CT molecular complexity index is 1130. The minimum absolute atomic E-state index is 0.0500. The van der Waals surface area contributed by atoms with Gasteiger partial charge in [0.1, 0.15) is 23.6 Å². The highest BCUT2D eigenvalue weighted by molar-refractivity contribution is 5.99. The lowest BCUT2D eigenvalue weighted by Gasteiger charge is -2.43. The molecule has 0 aliphatic carbocycles. The third kappa shape index (κ3) is 4.95. The van der Waals surface area contributed by atoms with Crippen molar-refractivity contribution >= 4 is 23.4 Å². The molecule has 0 atom stereocenters. The van der Waals surface area contributed by atoms with Crippen LogP contribution in [-0.2, 0) is 9.59 Å². The summed E-state index contributed by atoms with van der Waals surface area (Å²) in [5, 5.41) is 0. The van der Waals surface area contributed by atoms with Crippen molar-refractivity contribution in [1.29, 1.82) is 0 Å². The molecule has 0 bridgehead atoms. The highest BCUT2D eigenvalue weighted by atomic mass is 16.5. The fraction of sp³-hybridized carbons (Fsp3) is 0.464. The summed E-state index contributed by atoms with van der Waals surface area (Å²) in [6.07, 6.45) is 0.946. The number of rotatable bonds is 8. The van der Waals surface area contributed by atoms with E-state index in [2.05, 4.69) is 4.90 Å². The Morgan fingerprint density at radius 2 is 1.65 bits per heavy atom. The number of carbonyl (C=O) groups is 3. The number of piperidine rings is 1. The maximum atomic E-state index is 13.9. The molecular formula is C28H36N4O5. The first kappa shape index (κ1) is 26.3. The highest BCUT2D eigenvalue weighted by Crippen LogP contribution is 2.40. The van der Waals surface area contributed by atoms with Crippen LogP contribution in [-0.4, -0.2) is 91.6 Å². The van der Waals surface area contributed by atoms with Crippen molar-refractivity contribution in [3.8, 4) is 11.5 Å². The molecule has 9 nitrogen and oxygen atoms in total. The Labute approximate surface area is 218 Å². The lowest BCUT2D eigenvalue weighted by Crippen LogP contribution is -2.57. The SMILES string of the molecule is CCN(CC)C(=O)CN1CN(c2ccccc2)C2(CCN(C(=O)c3ccc(OC)cc3OC)CC2)C1=O. The second kappa shape index (κ2) is 11.1. The van der Waals surface area contributed by atoms with Gasteiger partial charge in [0, 0.05) is 37.9 Å². The van der Waals surface area contributed by atoms with Crippen LogP contribution >= 0.6 is 0 Å². The summed E-state index contributed by atoms with van der Waals surface area (Å²) in [4.78, 5) is 47.5. The van der Waals surface area contributed by atoms with Gasteiger partial charge in [-0.25, -0.2) is 0 Å². The minimum Gasteiger partial charge on any atom is -0.497 e. The van der Waals surface area contributed by atoms with Gasteiger partial charge in [-0.1, -0.05) is 18.2 Å². The minimum atomic E-state index is -0.800. The van der Waals surface area contributed by atoms with E-state index in [1.54, 1.807) is 40.0 Å². The van der Waals surface area contributed by atoms with E-state index in [4.69, 9.17) is 9.47 Å². The Morgan fingerprint density at radius 1 is 0.973 bits per heavy atom. The van der Waals surface area contributed by atoms with Crippen molar-refractivity contribution in [2.45, 2.75) is 32.2 Å². The number of para-hydroxylation sites is 1. The van der Waals surface area contributed by atoms with Gasteiger partial charge in [0.05, 0.1) is 26.5 Å². The van der Waals surface area contributed by atoms with Crippen LogP contribution in [0.1, 0.15) is 37.0 Å². The van der Waals surface area contributed by atoms with Crippen molar-refractivity contribution in [2.75, 3.05) is 58.5 Å². The number of anilines is 1. The maximum Gasteiger partial charge on any atom is 0.257 e. The number of likely N-dealkylation sites (tertiary alicyclic amines) is 1. The number of methoxy groups -OCH3 is 2. The molecule has 2 saturated heterocycles. The van der Waals surface area contributed by atoms with Crippen LogP contribution in [0, 0.1) is 0 Å². The first-order valence-corrected chi connectivity index (χ1v) is 12.8. The van der Waals surface area contributed by atoms with E-state index in [1.165, 1.54) is 7.11 Å². The van der Waals surface area contributed by atoms with Gasteiger partial charge in [0.25, 0.3) is 11.8 Å². The molecule has 2 aromatic rings. The third-order valence-corrected chi connectivity index (χ3v) is 7.54. The summed E-state index contributed by atoms with van der Waals surface area (Å²) < 4.78 is 10.7. The fourth-order valence-electron chi connectivity index (χ4n) is 5.39. The van der Waals surface area contributed by atoms with Gasteiger partial charge < -0.3 is 29.1 Å². The third-order valence-electron chi connectivity index (χ3n) is 7.54. The van der Waals surface area contributed by atoms with Crippen LogP contribution in [0.2, 0.25) is 0 Å². The Kier molecular flexibility index (Phi) is 7.90. The lowest BCUT2D eigenvalue weighted by molar-refractivity contribution is -0.140. The Morgan fingerprint density at radius 3 is 2.24 bits per heavy atom. The molecular weight excluding hydrogens is 472 g/mol. The average molecular weight is 509 g/mol. The van der Waals surface area contributed by atoms with Gasteiger partial charge in [-0.15, -0.1) is 0 Å². The van der Waals surface area contributed by atoms with E-state index in [9.17, 15) is 14.4 Å². The number of hydrogen-bond acceptors (Lipinski definition) is 6. The van der Waals surface area contributed by atoms with E-state index in [0.717, 1.165) is 5.69 Å². The van der Waals surface area contributed by atoms with Crippen molar-refractivity contribution in [2.24, 2.45) is 0 Å². The molecule has 2 aliphatic rings. The molecule has 0 N–H and O–H groups in total. The van der Waals surface area contributed by atoms with E-state index in [0.29, 0.717) is 62.8 Å². The molecule has 2 aromatic carbocycles. The van der Waals surface area contributed by atoms with E-state index in [-0.39, 0.29) is 24.3 Å². The van der Waals surface area contributed by atoms with Crippen LogP contribution in [0.4, 0.5) is 5.69 Å². The molecule has 4 rings (SSSR count). The summed E-state index contributed by atoms with van der Waals surface area (Å²) in [6.45, 7) is 6.33. The van der Waals surface area contributed by atoms with Crippen molar-refractivity contribution < 1.29 is 23.9 Å². The number of benzene rings is 2. The lowest BCUT2D eigenvalue weighted by atomic mass is 9.85. The molecule has 37 heavy (non-hydrogen) atoms. The maximum absolute atomic E-state index is 13.9. The fourth-order valence-corrected chi connectivity index (χ4v) is 5.39. The first-order valence-electron chi connectivity index (χ1n) is 12.8. The van der Waals surface area contributed by atoms with Crippen molar-refractivity contribution in [1.82, 2.24) is 14.7 Å². The van der Waals surface area contributed by atoms with Crippen LogP contribution in [0.5, 0.6) is 11.5 Å². The number of ether oxygens (including phenoxy) is 2. The normalized spacial score (nSPS) is 16.8. The zero-order chi connectivity index (χ0) is 26.6. The molecule has 9 heteroatoms. The molecule has 1 spiro atoms. The summed E-state index contributed by atoms with van der Waals surface area (Å²) in [5.41, 5.74) is 0.597. The van der Waals surface area contributed by atoms with Gasteiger partial charge in [-0.2, -0.15) is 0 Å². The second-order valence-corrected chi connectivity index (χ2v) is 9.36. The predicted molar refractivity (Wildman–Crippen MR) is 141 cm³/mol. The van der Waals surface area contributed by atoms with Crippen LogP contribution in [0.3, 0.4) is 0 Å². The monoisotopic (exact) mass is 508 g/mol. The first-order chi connectivity index (χ1) is 17.9. The molecule has 2 fully saturated rings. The number of likely N-dealkylation sites (N-methyl/N-ethyl adjacent to an activating group) is 1. The molecule has 2 heterocycles. The zero-order valence-electron chi connectivity index (χ0n) is 22.1. The Balaban J connectivity index is 1.56. The molecule has 3 amide bonds. The average Bonchev–Trinajstić information content (AvgIpc) is 3.19. The molecule has 0 radical (unpaired) electrons. The second-order valence-electron chi connectivity index (χ2n) is 9.36. The van der Waals surface area contributed by atoms with Crippen LogP contribution in [0.25, 0.3) is 0 Å².